The van der Waals surface area contributed by atoms with Crippen LogP contribution in [-0.4, -0.2) is 26.1 Å². The number of hydrogen-bond acceptors (Lipinski definition) is 6. The molecular weight excluding hydrogens is 479 g/mol. The first-order chi connectivity index (χ1) is 16.2. The summed E-state index contributed by atoms with van der Waals surface area (Å²) >= 11 is 1.10. The number of urea groups is 1. The molecule has 0 saturated heterocycles. The molecule has 3 N–H and O–H groups in total. The zero-order valence-electron chi connectivity index (χ0n) is 18.3. The van der Waals surface area contributed by atoms with E-state index in [1.165, 1.54) is 28.8 Å². The number of nitrogens with zero attached hydrogens (tertiary/aromatic N) is 1. The van der Waals surface area contributed by atoms with Crippen LogP contribution >= 0.6 is 11.3 Å². The molecule has 4 rings (SSSR count). The molecule has 2 amide bonds. The maximum absolute atomic E-state index is 14.2. The number of fused-ring (bicyclic) bond motifs is 1. The molecule has 0 aliphatic heterocycles. The number of carbonyl (C=O) groups excluding carboxylic acids is 1. The van der Waals surface area contributed by atoms with E-state index >= 15 is 0 Å². The number of amides is 2. The van der Waals surface area contributed by atoms with Crippen LogP contribution in [0.3, 0.4) is 0 Å². The first-order valence-electron chi connectivity index (χ1n) is 10.3. The molecule has 11 heteroatoms. The number of carbonyl (C=O) groups is 1. The SMILES string of the molecule is CCc1ccc(S(=O)(=O)NC(=O)Nc2ccc(-n3ccc4cc(NC)c(F)cc4c3=O)cc2)s1. The minimum absolute atomic E-state index is 0.0591. The van der Waals surface area contributed by atoms with Crippen molar-refractivity contribution in [2.45, 2.75) is 17.6 Å². The molecular formula is C23H21FN4O4S2. The zero-order valence-corrected chi connectivity index (χ0v) is 19.9. The van der Waals surface area contributed by atoms with Crippen molar-refractivity contribution < 1.29 is 17.6 Å². The number of nitrogens with one attached hydrogen (secondary N) is 3. The largest absolute Gasteiger partial charge is 0.386 e. The van der Waals surface area contributed by atoms with Crippen LogP contribution < -0.4 is 20.9 Å². The normalized spacial score (nSPS) is 11.4. The second-order valence-electron chi connectivity index (χ2n) is 7.34. The van der Waals surface area contributed by atoms with E-state index in [2.05, 4.69) is 10.6 Å². The first kappa shape index (κ1) is 23.5. The van der Waals surface area contributed by atoms with Crippen LogP contribution in [0, 0.1) is 5.82 Å². The molecule has 0 saturated carbocycles. The fourth-order valence-corrected chi connectivity index (χ4v) is 5.59. The van der Waals surface area contributed by atoms with Gasteiger partial charge in [0.2, 0.25) is 0 Å². The number of thiophene rings is 1. The zero-order chi connectivity index (χ0) is 24.5. The van der Waals surface area contributed by atoms with Crippen molar-refractivity contribution in [1.82, 2.24) is 9.29 Å². The summed E-state index contributed by atoms with van der Waals surface area (Å²) < 4.78 is 42.3. The van der Waals surface area contributed by atoms with Gasteiger partial charge in [-0.25, -0.2) is 22.3 Å². The molecule has 2 aromatic heterocycles. The van der Waals surface area contributed by atoms with E-state index in [1.807, 2.05) is 11.6 Å². The van der Waals surface area contributed by atoms with Gasteiger partial charge in [0.1, 0.15) is 10.0 Å². The van der Waals surface area contributed by atoms with Crippen LogP contribution in [0.25, 0.3) is 16.5 Å². The molecule has 0 radical (unpaired) electrons. The average Bonchev–Trinajstić information content (AvgIpc) is 3.30. The Morgan fingerprint density at radius 3 is 2.47 bits per heavy atom. The minimum Gasteiger partial charge on any atom is -0.386 e. The van der Waals surface area contributed by atoms with Gasteiger partial charge in [0.25, 0.3) is 15.6 Å². The number of aromatic nitrogens is 1. The minimum atomic E-state index is -3.98. The maximum Gasteiger partial charge on any atom is 0.333 e. The summed E-state index contributed by atoms with van der Waals surface area (Å²) in [7, 11) is -2.38. The summed E-state index contributed by atoms with van der Waals surface area (Å²) in [5, 5.41) is 6.03. The highest BCUT2D eigenvalue weighted by atomic mass is 32.2. The number of rotatable bonds is 6. The molecule has 4 aromatic rings. The van der Waals surface area contributed by atoms with Gasteiger partial charge in [-0.1, -0.05) is 6.92 Å². The van der Waals surface area contributed by atoms with Crippen LogP contribution in [0.2, 0.25) is 0 Å². The molecule has 0 unspecified atom stereocenters. The van der Waals surface area contributed by atoms with Crippen molar-refractivity contribution >= 4 is 49.5 Å². The van der Waals surface area contributed by atoms with Crippen molar-refractivity contribution in [3.8, 4) is 5.69 Å². The molecule has 34 heavy (non-hydrogen) atoms. The van der Waals surface area contributed by atoms with E-state index in [9.17, 15) is 22.4 Å². The van der Waals surface area contributed by atoms with Gasteiger partial charge >= 0.3 is 6.03 Å². The Morgan fingerprint density at radius 1 is 1.09 bits per heavy atom. The fraction of sp³-hybridized carbons (Fsp3) is 0.130. The van der Waals surface area contributed by atoms with E-state index in [0.29, 0.717) is 28.9 Å². The lowest BCUT2D eigenvalue weighted by Crippen LogP contribution is -2.33. The summed E-state index contributed by atoms with van der Waals surface area (Å²) in [4.78, 5) is 26.0. The Bertz CT molecular complexity index is 1540. The topological polar surface area (TPSA) is 109 Å². The molecule has 2 heterocycles. The van der Waals surface area contributed by atoms with Crippen LogP contribution in [0.5, 0.6) is 0 Å². The maximum atomic E-state index is 14.2. The molecule has 0 spiro atoms. The summed E-state index contributed by atoms with van der Waals surface area (Å²) in [6, 6.07) is 13.0. The van der Waals surface area contributed by atoms with E-state index in [1.54, 1.807) is 43.6 Å². The summed E-state index contributed by atoms with van der Waals surface area (Å²) in [5.41, 5.74) is 0.723. The monoisotopic (exact) mass is 500 g/mol. The summed E-state index contributed by atoms with van der Waals surface area (Å²) in [6.45, 7) is 1.91. The number of pyridine rings is 1. The van der Waals surface area contributed by atoms with Gasteiger partial charge in [-0.3, -0.25) is 9.36 Å². The van der Waals surface area contributed by atoms with Crippen LogP contribution in [0.4, 0.5) is 20.6 Å². The van der Waals surface area contributed by atoms with Gasteiger partial charge < -0.3 is 10.6 Å². The second kappa shape index (κ2) is 9.27. The van der Waals surface area contributed by atoms with Gasteiger partial charge in [-0.05, 0) is 66.4 Å². The molecule has 2 aromatic carbocycles. The van der Waals surface area contributed by atoms with E-state index < -0.39 is 27.4 Å². The van der Waals surface area contributed by atoms with E-state index in [0.717, 1.165) is 16.2 Å². The smallest absolute Gasteiger partial charge is 0.333 e. The van der Waals surface area contributed by atoms with Crippen molar-refractivity contribution in [2.24, 2.45) is 0 Å². The average molecular weight is 501 g/mol. The molecule has 0 fully saturated rings. The third-order valence-corrected chi connectivity index (χ3v) is 8.19. The lowest BCUT2D eigenvalue weighted by molar-refractivity contribution is 0.256. The molecule has 176 valence electrons. The van der Waals surface area contributed by atoms with Gasteiger partial charge in [0.05, 0.1) is 11.1 Å². The number of anilines is 2. The van der Waals surface area contributed by atoms with Gasteiger partial charge in [0, 0.05) is 29.5 Å². The first-order valence-corrected chi connectivity index (χ1v) is 12.6. The predicted octanol–water partition coefficient (Wildman–Crippen LogP) is 4.31. The third-order valence-electron chi connectivity index (χ3n) is 5.14. The predicted molar refractivity (Wildman–Crippen MR) is 132 cm³/mol. The number of halogens is 1. The highest BCUT2D eigenvalue weighted by molar-refractivity contribution is 7.92. The highest BCUT2D eigenvalue weighted by Gasteiger charge is 2.20. The molecule has 0 bridgehead atoms. The highest BCUT2D eigenvalue weighted by Crippen LogP contribution is 2.23. The quantitative estimate of drug-likeness (QED) is 0.366. The second-order valence-corrected chi connectivity index (χ2v) is 10.4. The summed E-state index contributed by atoms with van der Waals surface area (Å²) in [6.07, 6.45) is 2.28. The Kier molecular flexibility index (Phi) is 6.40. The van der Waals surface area contributed by atoms with Crippen molar-refractivity contribution in [3.05, 3.63) is 81.8 Å². The van der Waals surface area contributed by atoms with Crippen molar-refractivity contribution in [2.75, 3.05) is 17.7 Å². The van der Waals surface area contributed by atoms with Gasteiger partial charge in [-0.2, -0.15) is 0 Å². The Morgan fingerprint density at radius 2 is 1.82 bits per heavy atom. The molecule has 8 nitrogen and oxygen atoms in total. The number of hydrogen-bond donors (Lipinski definition) is 3. The van der Waals surface area contributed by atoms with E-state index in [4.69, 9.17) is 0 Å². The molecule has 0 atom stereocenters. The van der Waals surface area contributed by atoms with Crippen LogP contribution in [-0.2, 0) is 16.4 Å². The fourth-order valence-electron chi connectivity index (χ4n) is 3.39. The number of sulfonamides is 1. The third kappa shape index (κ3) is 4.66. The van der Waals surface area contributed by atoms with Crippen molar-refractivity contribution in [1.29, 1.82) is 0 Å². The summed E-state index contributed by atoms with van der Waals surface area (Å²) in [5.74, 6) is -0.529. The number of aryl methyl sites for hydroxylation is 1. The Balaban J connectivity index is 1.52. The van der Waals surface area contributed by atoms with Gasteiger partial charge in [-0.15, -0.1) is 11.3 Å². The molecule has 0 aliphatic rings. The van der Waals surface area contributed by atoms with Crippen LogP contribution in [0.1, 0.15) is 11.8 Å². The van der Waals surface area contributed by atoms with E-state index in [-0.39, 0.29) is 9.60 Å². The Labute approximate surface area is 199 Å². The van der Waals surface area contributed by atoms with Crippen molar-refractivity contribution in [3.63, 3.8) is 0 Å². The van der Waals surface area contributed by atoms with Gasteiger partial charge in [0.15, 0.2) is 0 Å². The number of benzene rings is 2. The molecule has 0 aliphatic carbocycles. The lowest BCUT2D eigenvalue weighted by atomic mass is 10.1. The standard InChI is InChI=1S/C23H21FN4O4S2/c1-3-17-8-9-21(33-17)34(31,32)27-23(30)26-15-4-6-16(7-5-15)28-11-10-14-12-20(25-2)19(24)13-18(14)22(28)29/h4-13,25H,3H2,1-2H3,(H2,26,27,30). The lowest BCUT2D eigenvalue weighted by Gasteiger charge is -2.11. The van der Waals surface area contributed by atoms with Crippen LogP contribution in [0.15, 0.2) is 69.8 Å². The Hall–Kier alpha value is -3.70.